The van der Waals surface area contributed by atoms with Crippen molar-refractivity contribution in [3.05, 3.63) is 0 Å². The van der Waals surface area contributed by atoms with Crippen molar-refractivity contribution in [1.29, 1.82) is 0 Å². The van der Waals surface area contributed by atoms with Gasteiger partial charge in [0.25, 0.3) is 0 Å². The van der Waals surface area contributed by atoms with E-state index >= 15 is 0 Å². The van der Waals surface area contributed by atoms with Crippen molar-refractivity contribution in [2.24, 2.45) is 23.7 Å². The summed E-state index contributed by atoms with van der Waals surface area (Å²) in [5, 5.41) is 76.5. The molecule has 394 valence electrons. The van der Waals surface area contributed by atoms with Crippen molar-refractivity contribution >= 4 is 11.8 Å². The molecular formula is C51H94O16. The lowest BCUT2D eigenvalue weighted by Gasteiger charge is -2.47. The van der Waals surface area contributed by atoms with Crippen molar-refractivity contribution in [1.82, 2.24) is 0 Å². The summed E-state index contributed by atoms with van der Waals surface area (Å²) in [6.45, 7) is 12.2. The van der Waals surface area contributed by atoms with Crippen LogP contribution in [-0.2, 0) is 42.7 Å². The van der Waals surface area contributed by atoms with Gasteiger partial charge in [-0.3, -0.25) is 9.59 Å². The van der Waals surface area contributed by atoms with Gasteiger partial charge in [0, 0.05) is 18.3 Å². The zero-order chi connectivity index (χ0) is 49.5. The van der Waals surface area contributed by atoms with Gasteiger partial charge in [-0.05, 0) is 57.3 Å². The highest BCUT2D eigenvalue weighted by atomic mass is 16.8. The summed E-state index contributed by atoms with van der Waals surface area (Å²) in [4.78, 5) is 23.6. The van der Waals surface area contributed by atoms with E-state index < -0.39 is 91.8 Å². The third-order valence-corrected chi connectivity index (χ3v) is 14.1. The van der Waals surface area contributed by atoms with E-state index in [0.717, 1.165) is 38.5 Å². The Kier molecular flexibility index (Phi) is 29.1. The smallest absolute Gasteiger partial charge is 0.306 e. The van der Waals surface area contributed by atoms with Crippen LogP contribution in [0.25, 0.3) is 0 Å². The van der Waals surface area contributed by atoms with Gasteiger partial charge in [0.05, 0.1) is 31.5 Å². The van der Waals surface area contributed by atoms with E-state index in [1.54, 1.807) is 13.8 Å². The van der Waals surface area contributed by atoms with Gasteiger partial charge in [-0.1, -0.05) is 131 Å². The molecule has 0 aliphatic carbocycles. The first-order valence-electron chi connectivity index (χ1n) is 26.2. The number of ketones is 1. The topological polar surface area (TPSA) is 240 Å². The Bertz CT molecular complexity index is 1320. The Labute approximate surface area is 402 Å². The van der Waals surface area contributed by atoms with Crippen LogP contribution in [0, 0.1) is 23.7 Å². The lowest BCUT2D eigenvalue weighted by molar-refractivity contribution is -0.376. The van der Waals surface area contributed by atoms with Crippen LogP contribution < -0.4 is 0 Å². The lowest BCUT2D eigenvalue weighted by Crippen LogP contribution is -2.63. The first kappa shape index (κ1) is 59.9. The minimum Gasteiger partial charge on any atom is -0.463 e. The van der Waals surface area contributed by atoms with Gasteiger partial charge < -0.3 is 68.9 Å². The number of carbonyl (C=O) groups is 2. The molecule has 16 heteroatoms. The molecule has 7 N–H and O–H groups in total. The average Bonchev–Trinajstić information content (AvgIpc) is 3.29. The number of ether oxygens (including phenoxy) is 7. The van der Waals surface area contributed by atoms with Crippen molar-refractivity contribution in [2.45, 2.75) is 269 Å². The molecule has 16 nitrogen and oxygen atoms in total. The van der Waals surface area contributed by atoms with E-state index in [0.29, 0.717) is 31.5 Å². The van der Waals surface area contributed by atoms with Gasteiger partial charge >= 0.3 is 5.97 Å². The van der Waals surface area contributed by atoms with Crippen LogP contribution in [-0.4, -0.2) is 153 Å². The fourth-order valence-corrected chi connectivity index (χ4v) is 9.12. The molecule has 0 amide bonds. The normalized spacial score (nSPS) is 32.2. The Hall–Kier alpha value is -1.38. The van der Waals surface area contributed by atoms with Crippen LogP contribution in [0.1, 0.15) is 183 Å². The molecular weight excluding hydrogens is 869 g/mol. The van der Waals surface area contributed by atoms with Crippen LogP contribution in [0.2, 0.25) is 0 Å². The summed E-state index contributed by atoms with van der Waals surface area (Å²) in [6.07, 6.45) is 4.16. The number of hydrogen-bond donors (Lipinski definition) is 7. The summed E-state index contributed by atoms with van der Waals surface area (Å²) in [5.41, 5.74) is 0. The lowest BCUT2D eigenvalue weighted by atomic mass is 9.92. The molecule has 3 heterocycles. The molecule has 0 spiro atoms. The Morgan fingerprint density at radius 1 is 0.612 bits per heavy atom. The average molecular weight is 963 g/mol. The van der Waals surface area contributed by atoms with Gasteiger partial charge in [-0.15, -0.1) is 0 Å². The second-order valence-corrected chi connectivity index (χ2v) is 20.6. The standard InChI is InChI=1S/C51H94O16/c1-8-9-25-37(26-22-27-38(53)34(5)24-21-19-17-15-13-11-10-12-14-16-18-20-23-33(4)36(7)52)64-50-47(44(58)39(54)29-62-50)67-51-48(45(59)40(55)30-63-51)66-49-35(6)43(57)46(60)41(65-49)31-61-42(56)28-32(2)3/h32-35,37-41,43-51,53-55,57-60H,8-31H2,1-7H3. The molecule has 0 saturated carbocycles. The van der Waals surface area contributed by atoms with Crippen molar-refractivity contribution < 1.29 is 78.5 Å². The highest BCUT2D eigenvalue weighted by Gasteiger charge is 2.51. The number of aliphatic hydroxyl groups excluding tert-OH is 7. The second kappa shape index (κ2) is 32.6. The van der Waals surface area contributed by atoms with Crippen LogP contribution in [0.5, 0.6) is 0 Å². The number of aliphatic hydroxyl groups is 7. The third-order valence-electron chi connectivity index (χ3n) is 14.1. The second-order valence-electron chi connectivity index (χ2n) is 20.6. The molecule has 3 rings (SSSR count). The minimum atomic E-state index is -1.58. The Balaban J connectivity index is 1.48. The molecule has 17 atom stereocenters. The minimum absolute atomic E-state index is 0.0420. The highest BCUT2D eigenvalue weighted by molar-refractivity contribution is 5.77. The van der Waals surface area contributed by atoms with E-state index in [-0.39, 0.29) is 50.1 Å². The molecule has 3 saturated heterocycles. The first-order valence-corrected chi connectivity index (χ1v) is 26.2. The van der Waals surface area contributed by atoms with Crippen LogP contribution in [0.15, 0.2) is 0 Å². The molecule has 3 aliphatic rings. The SMILES string of the molecule is CCCCC(CCCC(O)C(C)CCCCCCCCCCCCCCC(C)C(C)=O)OC1OCC(O)C(O)C1OC1OCC(O)C(O)C1OC1OC(COC(=O)CC(C)C)C(O)C(O)C1C. The Morgan fingerprint density at radius 3 is 1.67 bits per heavy atom. The van der Waals surface area contributed by atoms with Crippen molar-refractivity contribution in [3.8, 4) is 0 Å². The molecule has 3 aliphatic heterocycles. The fourth-order valence-electron chi connectivity index (χ4n) is 9.12. The molecule has 0 aromatic rings. The maximum Gasteiger partial charge on any atom is 0.306 e. The largest absolute Gasteiger partial charge is 0.463 e. The van der Waals surface area contributed by atoms with Crippen molar-refractivity contribution in [3.63, 3.8) is 0 Å². The predicted molar refractivity (Wildman–Crippen MR) is 251 cm³/mol. The molecule has 17 unspecified atom stereocenters. The maximum atomic E-state index is 12.3. The van der Waals surface area contributed by atoms with E-state index in [1.165, 1.54) is 64.2 Å². The summed E-state index contributed by atoms with van der Waals surface area (Å²) < 4.78 is 41.9. The highest BCUT2D eigenvalue weighted by Crippen LogP contribution is 2.34. The van der Waals surface area contributed by atoms with Gasteiger partial charge in [0.15, 0.2) is 18.9 Å². The van der Waals surface area contributed by atoms with Gasteiger partial charge in [0.2, 0.25) is 0 Å². The van der Waals surface area contributed by atoms with Gasteiger partial charge in [-0.25, -0.2) is 0 Å². The number of Topliss-reactive ketones (excluding diaryl/α,β-unsaturated/α-hetero) is 1. The van der Waals surface area contributed by atoms with Crippen molar-refractivity contribution in [2.75, 3.05) is 19.8 Å². The number of rotatable bonds is 34. The molecule has 0 aromatic heterocycles. The summed E-state index contributed by atoms with van der Waals surface area (Å²) >= 11 is 0. The summed E-state index contributed by atoms with van der Waals surface area (Å²) in [7, 11) is 0. The molecule has 3 fully saturated rings. The number of carbonyl (C=O) groups excluding carboxylic acids is 2. The number of unbranched alkanes of at least 4 members (excludes halogenated alkanes) is 12. The van der Waals surface area contributed by atoms with Gasteiger partial charge in [0.1, 0.15) is 61.2 Å². The summed E-state index contributed by atoms with van der Waals surface area (Å²) in [6, 6.07) is 0. The van der Waals surface area contributed by atoms with Crippen LogP contribution in [0.4, 0.5) is 0 Å². The molecule has 0 bridgehead atoms. The third kappa shape index (κ3) is 21.5. The molecule has 67 heavy (non-hydrogen) atoms. The fraction of sp³-hybridized carbons (Fsp3) is 0.961. The monoisotopic (exact) mass is 963 g/mol. The van der Waals surface area contributed by atoms with Gasteiger partial charge in [-0.2, -0.15) is 0 Å². The number of hydrogen-bond acceptors (Lipinski definition) is 16. The zero-order valence-corrected chi connectivity index (χ0v) is 42.2. The van der Waals surface area contributed by atoms with E-state index in [4.69, 9.17) is 33.2 Å². The Morgan fingerprint density at radius 2 is 1.12 bits per heavy atom. The van der Waals surface area contributed by atoms with E-state index in [1.807, 2.05) is 20.8 Å². The zero-order valence-electron chi connectivity index (χ0n) is 42.2. The molecule has 0 radical (unpaired) electrons. The summed E-state index contributed by atoms with van der Waals surface area (Å²) in [5.74, 6) is -0.643. The first-order chi connectivity index (χ1) is 31.9. The molecule has 0 aromatic carbocycles. The van der Waals surface area contributed by atoms with E-state index in [2.05, 4.69) is 13.8 Å². The quantitative estimate of drug-likeness (QED) is 0.0289. The van der Waals surface area contributed by atoms with Crippen LogP contribution >= 0.6 is 0 Å². The van der Waals surface area contributed by atoms with Crippen LogP contribution in [0.3, 0.4) is 0 Å². The van der Waals surface area contributed by atoms with E-state index in [9.17, 15) is 45.3 Å². The maximum absolute atomic E-state index is 12.3. The predicted octanol–water partition coefficient (Wildman–Crippen LogP) is 6.01. The number of esters is 1.